The van der Waals surface area contributed by atoms with Crippen molar-refractivity contribution in [2.45, 2.75) is 57.9 Å². The van der Waals surface area contributed by atoms with E-state index in [1.807, 2.05) is 80.6 Å². The van der Waals surface area contributed by atoms with Crippen LogP contribution in [0.3, 0.4) is 0 Å². The summed E-state index contributed by atoms with van der Waals surface area (Å²) in [4.78, 5) is 38.2. The molecule has 214 valence electrons. The van der Waals surface area contributed by atoms with Gasteiger partial charge < -0.3 is 25.2 Å². The van der Waals surface area contributed by atoms with E-state index in [-0.39, 0.29) is 25.6 Å². The molecule has 0 aromatic heterocycles. The SMILES string of the molecule is CC(C)=CCC(NC(=O)OCC1c2ccccc2-c2ccccc21)C(=O)NC(C(=O)O)C(C)OCc1ccccc1. The van der Waals surface area contributed by atoms with E-state index in [0.717, 1.165) is 33.4 Å². The van der Waals surface area contributed by atoms with Gasteiger partial charge >= 0.3 is 12.1 Å². The van der Waals surface area contributed by atoms with Crippen LogP contribution in [0.5, 0.6) is 0 Å². The van der Waals surface area contributed by atoms with Crippen LogP contribution in [-0.4, -0.2) is 47.9 Å². The molecular weight excluding hydrogens is 520 g/mol. The van der Waals surface area contributed by atoms with Crippen molar-refractivity contribution in [2.24, 2.45) is 0 Å². The number of hydrogen-bond donors (Lipinski definition) is 3. The molecule has 0 bridgehead atoms. The lowest BCUT2D eigenvalue weighted by Gasteiger charge is -2.25. The van der Waals surface area contributed by atoms with Gasteiger partial charge in [0, 0.05) is 5.92 Å². The van der Waals surface area contributed by atoms with Gasteiger partial charge in [-0.1, -0.05) is 90.5 Å². The molecule has 3 N–H and O–H groups in total. The van der Waals surface area contributed by atoms with Gasteiger partial charge in [-0.15, -0.1) is 0 Å². The topological polar surface area (TPSA) is 114 Å². The second kappa shape index (κ2) is 13.8. The molecule has 0 saturated heterocycles. The number of rotatable bonds is 12. The zero-order valence-electron chi connectivity index (χ0n) is 23.5. The van der Waals surface area contributed by atoms with Crippen LogP contribution in [0.15, 0.2) is 90.5 Å². The van der Waals surface area contributed by atoms with E-state index in [1.165, 1.54) is 0 Å². The summed E-state index contributed by atoms with van der Waals surface area (Å²) in [7, 11) is 0. The lowest BCUT2D eigenvalue weighted by atomic mass is 9.98. The summed E-state index contributed by atoms with van der Waals surface area (Å²) in [5.74, 6) is -2.00. The number of alkyl carbamates (subject to hydrolysis) is 1. The molecule has 0 saturated carbocycles. The maximum absolute atomic E-state index is 13.2. The van der Waals surface area contributed by atoms with Gasteiger partial charge in [0.15, 0.2) is 6.04 Å². The summed E-state index contributed by atoms with van der Waals surface area (Å²) < 4.78 is 11.4. The Morgan fingerprint density at radius 3 is 2.05 bits per heavy atom. The quantitative estimate of drug-likeness (QED) is 0.257. The Balaban J connectivity index is 1.40. The van der Waals surface area contributed by atoms with Gasteiger partial charge in [0.25, 0.3) is 0 Å². The molecule has 0 fully saturated rings. The first-order valence-electron chi connectivity index (χ1n) is 13.7. The van der Waals surface area contributed by atoms with Crippen LogP contribution < -0.4 is 10.6 Å². The maximum atomic E-state index is 13.2. The van der Waals surface area contributed by atoms with E-state index in [9.17, 15) is 19.5 Å². The molecule has 0 heterocycles. The number of hydrogen-bond acceptors (Lipinski definition) is 5. The van der Waals surface area contributed by atoms with Crippen LogP contribution in [0.1, 0.15) is 49.8 Å². The predicted molar refractivity (Wildman–Crippen MR) is 156 cm³/mol. The van der Waals surface area contributed by atoms with Crippen LogP contribution in [-0.2, 0) is 25.7 Å². The highest BCUT2D eigenvalue weighted by atomic mass is 16.5. The number of ether oxygens (including phenoxy) is 2. The average Bonchev–Trinajstić information content (AvgIpc) is 3.29. The smallest absolute Gasteiger partial charge is 0.407 e. The molecule has 4 rings (SSSR count). The van der Waals surface area contributed by atoms with Gasteiger partial charge in [-0.3, -0.25) is 4.79 Å². The molecule has 2 amide bonds. The standard InChI is InChI=1S/C33H36N2O6/c1-21(2)17-18-29(31(36)35-30(32(37)38)22(3)40-19-23-11-5-4-6-12-23)34-33(39)41-20-28-26-15-9-7-13-24(26)25-14-8-10-16-27(25)28/h4-17,22,28-30H,18-20H2,1-3H3,(H,34,39)(H,35,36)(H,37,38). The first-order valence-corrected chi connectivity index (χ1v) is 13.7. The van der Waals surface area contributed by atoms with Crippen molar-refractivity contribution in [3.63, 3.8) is 0 Å². The molecule has 0 radical (unpaired) electrons. The lowest BCUT2D eigenvalue weighted by molar-refractivity contribution is -0.146. The molecule has 3 unspecified atom stereocenters. The van der Waals surface area contributed by atoms with Crippen LogP contribution >= 0.6 is 0 Å². The van der Waals surface area contributed by atoms with E-state index >= 15 is 0 Å². The van der Waals surface area contributed by atoms with Gasteiger partial charge in [-0.2, -0.15) is 0 Å². The Bertz CT molecular complexity index is 1350. The van der Waals surface area contributed by atoms with Gasteiger partial charge in [0.1, 0.15) is 12.6 Å². The monoisotopic (exact) mass is 556 g/mol. The Kier molecular flexibility index (Phi) is 9.92. The molecule has 1 aliphatic carbocycles. The maximum Gasteiger partial charge on any atom is 0.407 e. The van der Waals surface area contributed by atoms with Crippen LogP contribution in [0.4, 0.5) is 4.79 Å². The largest absolute Gasteiger partial charge is 0.480 e. The van der Waals surface area contributed by atoms with Gasteiger partial charge in [0.05, 0.1) is 12.7 Å². The van der Waals surface area contributed by atoms with Crippen molar-refractivity contribution in [3.05, 3.63) is 107 Å². The number of fused-ring (bicyclic) bond motifs is 3. The zero-order valence-corrected chi connectivity index (χ0v) is 23.5. The fourth-order valence-corrected chi connectivity index (χ4v) is 4.90. The summed E-state index contributed by atoms with van der Waals surface area (Å²) in [6.07, 6.45) is 0.396. The average molecular weight is 557 g/mol. The predicted octanol–water partition coefficient (Wildman–Crippen LogP) is 5.42. The van der Waals surface area contributed by atoms with Crippen LogP contribution in [0.25, 0.3) is 11.1 Å². The number of carbonyl (C=O) groups is 3. The minimum absolute atomic E-state index is 0.0962. The van der Waals surface area contributed by atoms with Crippen molar-refractivity contribution < 1.29 is 29.0 Å². The highest BCUT2D eigenvalue weighted by Crippen LogP contribution is 2.44. The minimum atomic E-state index is -1.32. The van der Waals surface area contributed by atoms with E-state index in [2.05, 4.69) is 22.8 Å². The molecule has 0 spiro atoms. The first-order chi connectivity index (χ1) is 19.7. The van der Waals surface area contributed by atoms with Crippen molar-refractivity contribution in [1.82, 2.24) is 10.6 Å². The third-order valence-corrected chi connectivity index (χ3v) is 7.10. The van der Waals surface area contributed by atoms with E-state index in [0.29, 0.717) is 0 Å². The van der Waals surface area contributed by atoms with Crippen molar-refractivity contribution in [3.8, 4) is 11.1 Å². The number of carboxylic acids is 1. The zero-order chi connectivity index (χ0) is 29.4. The number of carboxylic acid groups (broad SMARTS) is 1. The summed E-state index contributed by atoms with van der Waals surface area (Å²) in [5.41, 5.74) is 6.21. The Labute approximate surface area is 240 Å². The van der Waals surface area contributed by atoms with E-state index in [1.54, 1.807) is 13.0 Å². The molecule has 3 aromatic rings. The molecule has 8 heteroatoms. The van der Waals surface area contributed by atoms with Gasteiger partial charge in [-0.25, -0.2) is 9.59 Å². The van der Waals surface area contributed by atoms with E-state index in [4.69, 9.17) is 9.47 Å². The van der Waals surface area contributed by atoms with E-state index < -0.39 is 36.2 Å². The van der Waals surface area contributed by atoms with Crippen molar-refractivity contribution in [1.29, 1.82) is 0 Å². The molecule has 8 nitrogen and oxygen atoms in total. The number of amides is 2. The molecule has 3 atom stereocenters. The number of aliphatic carboxylic acids is 1. The summed E-state index contributed by atoms with van der Waals surface area (Å²) in [6, 6.07) is 23.0. The normalized spacial score (nSPS) is 14.1. The summed E-state index contributed by atoms with van der Waals surface area (Å²) in [6.45, 7) is 5.63. The minimum Gasteiger partial charge on any atom is -0.480 e. The number of nitrogens with one attached hydrogen (secondary N) is 2. The fourth-order valence-electron chi connectivity index (χ4n) is 4.90. The number of benzene rings is 3. The fraction of sp³-hybridized carbons (Fsp3) is 0.303. The molecule has 41 heavy (non-hydrogen) atoms. The first kappa shape index (κ1) is 29.6. The highest BCUT2D eigenvalue weighted by molar-refractivity contribution is 5.89. The Morgan fingerprint density at radius 1 is 0.878 bits per heavy atom. The van der Waals surface area contributed by atoms with Crippen molar-refractivity contribution in [2.75, 3.05) is 6.61 Å². The third kappa shape index (κ3) is 7.61. The molecular formula is C33H36N2O6. The van der Waals surface area contributed by atoms with Crippen molar-refractivity contribution >= 4 is 18.0 Å². The molecule has 1 aliphatic rings. The highest BCUT2D eigenvalue weighted by Gasteiger charge is 2.32. The van der Waals surface area contributed by atoms with Gasteiger partial charge in [0.2, 0.25) is 5.91 Å². The lowest BCUT2D eigenvalue weighted by Crippen LogP contribution is -2.55. The number of carbonyl (C=O) groups excluding carboxylic acids is 2. The Hall–Kier alpha value is -4.43. The second-order valence-electron chi connectivity index (χ2n) is 10.4. The number of allylic oxidation sites excluding steroid dienone is 1. The Morgan fingerprint density at radius 2 is 1.46 bits per heavy atom. The summed E-state index contributed by atoms with van der Waals surface area (Å²) in [5, 5.41) is 15.0. The molecule has 3 aromatic carbocycles. The molecule has 0 aliphatic heterocycles. The third-order valence-electron chi connectivity index (χ3n) is 7.10. The van der Waals surface area contributed by atoms with Crippen LogP contribution in [0.2, 0.25) is 0 Å². The van der Waals surface area contributed by atoms with Crippen LogP contribution in [0, 0.1) is 0 Å². The summed E-state index contributed by atoms with van der Waals surface area (Å²) >= 11 is 0. The second-order valence-corrected chi connectivity index (χ2v) is 10.4. The van der Waals surface area contributed by atoms with Gasteiger partial charge in [-0.05, 0) is 55.0 Å².